The standard InChI is InChI=1S/C26H32O9/c1-30-18-12-20(31-2)19(21(13-18)32-3)7-5-6-16-8-10-17(11-9-16)15-34-25-23(28)22(14-27)35-26(33-4)24(25)29/h8-13,22-29H,7,14-15H2,1-4H3/t22-,23+,24-,25+,26-/m1/s1. The molecule has 3 N–H and O–H groups in total. The van der Waals surface area contributed by atoms with Crippen molar-refractivity contribution in [2.75, 3.05) is 35.0 Å². The maximum Gasteiger partial charge on any atom is 0.186 e. The lowest BCUT2D eigenvalue weighted by Gasteiger charge is -2.41. The van der Waals surface area contributed by atoms with Crippen LogP contribution in [0.25, 0.3) is 0 Å². The number of hydrogen-bond acceptors (Lipinski definition) is 9. The highest BCUT2D eigenvalue weighted by atomic mass is 16.7. The molecule has 0 radical (unpaired) electrons. The summed E-state index contributed by atoms with van der Waals surface area (Å²) >= 11 is 0. The highest BCUT2D eigenvalue weighted by molar-refractivity contribution is 5.52. The maximum absolute atomic E-state index is 10.4. The maximum atomic E-state index is 10.4. The van der Waals surface area contributed by atoms with E-state index in [0.717, 1.165) is 16.7 Å². The minimum atomic E-state index is -1.20. The molecule has 0 spiro atoms. The van der Waals surface area contributed by atoms with E-state index in [1.165, 1.54) is 7.11 Å². The molecule has 1 fully saturated rings. The Morgan fingerprint density at radius 3 is 2.11 bits per heavy atom. The fourth-order valence-electron chi connectivity index (χ4n) is 3.81. The number of ether oxygens (including phenoxy) is 6. The molecule has 2 aromatic carbocycles. The van der Waals surface area contributed by atoms with Crippen LogP contribution in [0.4, 0.5) is 0 Å². The number of aliphatic hydroxyl groups is 3. The second kappa shape index (κ2) is 12.7. The first-order valence-electron chi connectivity index (χ1n) is 11.1. The highest BCUT2D eigenvalue weighted by Crippen LogP contribution is 2.34. The monoisotopic (exact) mass is 488 g/mol. The zero-order valence-electron chi connectivity index (χ0n) is 20.3. The minimum Gasteiger partial charge on any atom is -0.496 e. The van der Waals surface area contributed by atoms with Gasteiger partial charge in [0.05, 0.1) is 34.5 Å². The molecule has 1 aliphatic heterocycles. The van der Waals surface area contributed by atoms with Crippen molar-refractivity contribution in [3.8, 4) is 29.1 Å². The Morgan fingerprint density at radius 1 is 0.914 bits per heavy atom. The van der Waals surface area contributed by atoms with Gasteiger partial charge in [0.25, 0.3) is 0 Å². The van der Waals surface area contributed by atoms with Crippen molar-refractivity contribution in [3.63, 3.8) is 0 Å². The van der Waals surface area contributed by atoms with Crippen molar-refractivity contribution in [3.05, 3.63) is 53.1 Å². The second-order valence-corrected chi connectivity index (χ2v) is 7.90. The molecule has 9 nitrogen and oxygen atoms in total. The Bertz CT molecular complexity index is 971. The lowest BCUT2D eigenvalue weighted by Crippen LogP contribution is -2.59. The molecule has 0 bridgehead atoms. The van der Waals surface area contributed by atoms with Crippen molar-refractivity contribution < 1.29 is 43.7 Å². The Hall–Kier alpha value is -2.84. The Balaban J connectivity index is 1.64. The Labute approximate surface area is 205 Å². The predicted octanol–water partition coefficient (Wildman–Crippen LogP) is 1.28. The molecule has 0 unspecified atom stereocenters. The quantitative estimate of drug-likeness (QED) is 0.449. The summed E-state index contributed by atoms with van der Waals surface area (Å²) in [4.78, 5) is 0. The lowest BCUT2D eigenvalue weighted by molar-refractivity contribution is -0.303. The summed E-state index contributed by atoms with van der Waals surface area (Å²) in [5.74, 6) is 8.18. The zero-order chi connectivity index (χ0) is 25.4. The molecule has 0 aliphatic carbocycles. The fraction of sp³-hybridized carbons (Fsp3) is 0.462. The van der Waals surface area contributed by atoms with Crippen molar-refractivity contribution in [1.82, 2.24) is 0 Å². The summed E-state index contributed by atoms with van der Waals surface area (Å²) in [5.41, 5.74) is 2.47. The van der Waals surface area contributed by atoms with Gasteiger partial charge in [0.1, 0.15) is 41.7 Å². The third kappa shape index (κ3) is 6.44. The van der Waals surface area contributed by atoms with Crippen LogP contribution < -0.4 is 14.2 Å². The van der Waals surface area contributed by atoms with Gasteiger partial charge >= 0.3 is 0 Å². The van der Waals surface area contributed by atoms with E-state index in [2.05, 4.69) is 11.8 Å². The highest BCUT2D eigenvalue weighted by Gasteiger charge is 2.45. The number of benzene rings is 2. The summed E-state index contributed by atoms with van der Waals surface area (Å²) < 4.78 is 32.4. The van der Waals surface area contributed by atoms with Crippen LogP contribution in [0, 0.1) is 11.8 Å². The van der Waals surface area contributed by atoms with Gasteiger partial charge in [-0.05, 0) is 17.7 Å². The molecule has 190 valence electrons. The molecule has 0 aromatic heterocycles. The number of rotatable bonds is 9. The van der Waals surface area contributed by atoms with Gasteiger partial charge < -0.3 is 43.7 Å². The van der Waals surface area contributed by atoms with Gasteiger partial charge in [0.2, 0.25) is 0 Å². The summed E-state index contributed by atoms with van der Waals surface area (Å²) in [6, 6.07) is 11.0. The molecule has 1 saturated heterocycles. The molecule has 1 aliphatic rings. The third-order valence-electron chi connectivity index (χ3n) is 5.77. The van der Waals surface area contributed by atoms with E-state index >= 15 is 0 Å². The lowest BCUT2D eigenvalue weighted by atomic mass is 9.99. The minimum absolute atomic E-state index is 0.140. The van der Waals surface area contributed by atoms with E-state index < -0.39 is 37.3 Å². The van der Waals surface area contributed by atoms with Gasteiger partial charge in [0.15, 0.2) is 6.29 Å². The van der Waals surface area contributed by atoms with Gasteiger partial charge in [-0.25, -0.2) is 0 Å². The number of aliphatic hydroxyl groups excluding tert-OH is 3. The second-order valence-electron chi connectivity index (χ2n) is 7.90. The van der Waals surface area contributed by atoms with Crippen molar-refractivity contribution in [1.29, 1.82) is 0 Å². The van der Waals surface area contributed by atoms with Crippen LogP contribution in [-0.4, -0.2) is 81.1 Å². The smallest absolute Gasteiger partial charge is 0.186 e. The van der Waals surface area contributed by atoms with Crippen LogP contribution in [0.3, 0.4) is 0 Å². The summed E-state index contributed by atoms with van der Waals surface area (Å²) in [7, 11) is 6.13. The van der Waals surface area contributed by atoms with Crippen LogP contribution >= 0.6 is 0 Å². The van der Waals surface area contributed by atoms with Crippen molar-refractivity contribution >= 4 is 0 Å². The van der Waals surface area contributed by atoms with Gasteiger partial charge in [-0.3, -0.25) is 0 Å². The van der Waals surface area contributed by atoms with Crippen LogP contribution in [0.5, 0.6) is 17.2 Å². The van der Waals surface area contributed by atoms with E-state index in [1.807, 2.05) is 24.3 Å². The van der Waals surface area contributed by atoms with Gasteiger partial charge in [-0.1, -0.05) is 24.0 Å². The average Bonchev–Trinajstić information content (AvgIpc) is 2.89. The van der Waals surface area contributed by atoms with Gasteiger partial charge in [0, 0.05) is 36.8 Å². The molecule has 2 aromatic rings. The molecule has 5 atom stereocenters. The van der Waals surface area contributed by atoms with Gasteiger partial charge in [-0.15, -0.1) is 0 Å². The molecular formula is C26H32O9. The van der Waals surface area contributed by atoms with E-state index in [0.29, 0.717) is 23.7 Å². The Morgan fingerprint density at radius 2 is 1.57 bits per heavy atom. The van der Waals surface area contributed by atoms with E-state index in [-0.39, 0.29) is 6.61 Å². The van der Waals surface area contributed by atoms with E-state index in [4.69, 9.17) is 28.4 Å². The number of methoxy groups -OCH3 is 4. The van der Waals surface area contributed by atoms with Crippen LogP contribution in [0.2, 0.25) is 0 Å². The van der Waals surface area contributed by atoms with E-state index in [9.17, 15) is 15.3 Å². The Kier molecular flexibility index (Phi) is 9.74. The molecule has 9 heteroatoms. The number of hydrogen-bond donors (Lipinski definition) is 3. The summed E-state index contributed by atoms with van der Waals surface area (Å²) in [6.07, 6.45) is -4.85. The normalized spacial score (nSPS) is 23.8. The summed E-state index contributed by atoms with van der Waals surface area (Å²) in [6.45, 7) is -0.281. The van der Waals surface area contributed by atoms with Crippen molar-refractivity contribution in [2.24, 2.45) is 0 Å². The summed E-state index contributed by atoms with van der Waals surface area (Å²) in [5, 5.41) is 30.1. The van der Waals surface area contributed by atoms with E-state index in [1.54, 1.807) is 33.5 Å². The topological polar surface area (TPSA) is 116 Å². The molecule has 1 heterocycles. The van der Waals surface area contributed by atoms with Crippen LogP contribution in [0.15, 0.2) is 36.4 Å². The molecule has 0 saturated carbocycles. The average molecular weight is 489 g/mol. The van der Waals surface area contributed by atoms with Crippen LogP contribution in [0.1, 0.15) is 16.7 Å². The molecule has 3 rings (SSSR count). The largest absolute Gasteiger partial charge is 0.496 e. The van der Waals surface area contributed by atoms with Crippen molar-refractivity contribution in [2.45, 2.75) is 43.7 Å². The third-order valence-corrected chi connectivity index (χ3v) is 5.77. The molecule has 35 heavy (non-hydrogen) atoms. The first kappa shape index (κ1) is 26.8. The molecule has 0 amide bonds. The van der Waals surface area contributed by atoms with Gasteiger partial charge in [-0.2, -0.15) is 0 Å². The fourth-order valence-corrected chi connectivity index (χ4v) is 3.81. The molecular weight excluding hydrogens is 456 g/mol. The first-order chi connectivity index (χ1) is 16.9. The zero-order valence-corrected chi connectivity index (χ0v) is 20.3. The first-order valence-corrected chi connectivity index (χ1v) is 11.1. The predicted molar refractivity (Wildman–Crippen MR) is 126 cm³/mol. The SMILES string of the molecule is COc1cc(OC)c(CC#Cc2ccc(CO[C@H]3[C@@H](O)[C@@H](CO)O[C@@H](OC)[C@@H]3O)cc2)c(OC)c1. The van der Waals surface area contributed by atoms with Crippen LogP contribution in [-0.2, 0) is 27.2 Å².